The topological polar surface area (TPSA) is 129 Å². The van der Waals surface area contributed by atoms with Crippen molar-refractivity contribution in [1.29, 1.82) is 0 Å². The summed E-state index contributed by atoms with van der Waals surface area (Å²) < 4.78 is 21.3. The Hall–Kier alpha value is -3.74. The lowest BCUT2D eigenvalue weighted by molar-refractivity contribution is -0.149. The summed E-state index contributed by atoms with van der Waals surface area (Å²) in [6.07, 6.45) is -1.79. The zero-order valence-corrected chi connectivity index (χ0v) is 21.6. The number of carbonyl (C=O) groups excluding carboxylic acids is 4. The molecular formula is C26H34N2O8. The average Bonchev–Trinajstić information content (AvgIpc) is 2.74. The number of hydrogen-bond acceptors (Lipinski definition) is 8. The van der Waals surface area contributed by atoms with Crippen molar-refractivity contribution in [3.05, 3.63) is 35.4 Å². The molecule has 1 aliphatic heterocycles. The molecule has 0 aromatic heterocycles. The lowest BCUT2D eigenvalue weighted by Gasteiger charge is -2.23. The lowest BCUT2D eigenvalue weighted by atomic mass is 10.1. The quantitative estimate of drug-likeness (QED) is 0.358. The van der Waals surface area contributed by atoms with Crippen molar-refractivity contribution in [2.45, 2.75) is 90.9 Å². The normalized spacial score (nSPS) is 19.2. The first kappa shape index (κ1) is 28.5. The van der Waals surface area contributed by atoms with Crippen LogP contribution in [0.2, 0.25) is 0 Å². The van der Waals surface area contributed by atoms with E-state index in [0.29, 0.717) is 11.1 Å². The summed E-state index contributed by atoms with van der Waals surface area (Å²) in [7, 11) is 0. The number of amides is 2. The highest BCUT2D eigenvalue weighted by molar-refractivity contribution is 5.82. The van der Waals surface area contributed by atoms with Crippen molar-refractivity contribution in [3.63, 3.8) is 0 Å². The Morgan fingerprint density at radius 1 is 0.778 bits per heavy atom. The minimum absolute atomic E-state index is 0.103. The zero-order valence-electron chi connectivity index (χ0n) is 21.6. The van der Waals surface area contributed by atoms with E-state index in [2.05, 4.69) is 22.5 Å². The van der Waals surface area contributed by atoms with Crippen LogP contribution in [0.25, 0.3) is 0 Å². The van der Waals surface area contributed by atoms with Crippen molar-refractivity contribution in [3.8, 4) is 11.8 Å². The second kappa shape index (κ2) is 12.3. The standard InChI is InChI=1S/C26H34N2O8/c1-25(2,3)35-23(31)27-19-13-9-10-14-20(28-24(32)36-26(4,5)6)22(30)34-16-18-12-8-7-11-17(18)15-33-21(19)29/h7-8,11-12,19-20H,13-16H2,1-6H3,(H,27,31)(H,28,32)/t19-,20-/m0/s1. The van der Waals surface area contributed by atoms with E-state index in [4.69, 9.17) is 18.9 Å². The van der Waals surface area contributed by atoms with E-state index in [1.54, 1.807) is 65.8 Å². The SMILES string of the molecule is CC(C)(C)OC(=O)N[C@H]1CC#CC[C@H](NC(=O)OC(C)(C)C)C(=O)OCc2ccccc2COC1=O. The molecule has 1 heterocycles. The number of rotatable bonds is 2. The summed E-state index contributed by atoms with van der Waals surface area (Å²) in [4.78, 5) is 50.1. The van der Waals surface area contributed by atoms with Gasteiger partial charge in [0.25, 0.3) is 0 Å². The third kappa shape index (κ3) is 10.3. The van der Waals surface area contributed by atoms with Crippen LogP contribution in [0.15, 0.2) is 24.3 Å². The number of ether oxygens (including phenoxy) is 4. The van der Waals surface area contributed by atoms with Gasteiger partial charge in [0.2, 0.25) is 0 Å². The summed E-state index contributed by atoms with van der Waals surface area (Å²) >= 11 is 0. The van der Waals surface area contributed by atoms with E-state index >= 15 is 0 Å². The summed E-state index contributed by atoms with van der Waals surface area (Å²) in [5.41, 5.74) is -0.286. The van der Waals surface area contributed by atoms with E-state index in [9.17, 15) is 19.2 Å². The maximum atomic E-state index is 12.8. The molecule has 2 amide bonds. The van der Waals surface area contributed by atoms with Crippen LogP contribution in [0.1, 0.15) is 65.5 Å². The molecule has 1 aromatic carbocycles. The second-order valence-electron chi connectivity index (χ2n) is 10.1. The number of alkyl carbamates (subject to hydrolysis) is 2. The predicted octanol–water partition coefficient (Wildman–Crippen LogP) is 3.36. The van der Waals surface area contributed by atoms with Crippen LogP contribution in [0.5, 0.6) is 0 Å². The van der Waals surface area contributed by atoms with E-state index in [1.165, 1.54) is 0 Å². The molecule has 0 bridgehead atoms. The molecule has 10 nitrogen and oxygen atoms in total. The number of carbonyl (C=O) groups is 4. The molecule has 2 rings (SSSR count). The van der Waals surface area contributed by atoms with Crippen LogP contribution < -0.4 is 10.6 Å². The van der Waals surface area contributed by atoms with Gasteiger partial charge < -0.3 is 29.6 Å². The zero-order chi connectivity index (χ0) is 26.9. The first-order chi connectivity index (χ1) is 16.7. The molecule has 0 saturated heterocycles. The van der Waals surface area contributed by atoms with Crippen LogP contribution in [0.4, 0.5) is 9.59 Å². The van der Waals surface area contributed by atoms with Gasteiger partial charge in [-0.25, -0.2) is 19.2 Å². The number of hydrogen-bond donors (Lipinski definition) is 2. The van der Waals surface area contributed by atoms with Crippen molar-refractivity contribution in [2.24, 2.45) is 0 Å². The fourth-order valence-electron chi connectivity index (χ4n) is 2.97. The fourth-order valence-corrected chi connectivity index (χ4v) is 2.97. The smallest absolute Gasteiger partial charge is 0.408 e. The Bertz CT molecular complexity index is 948. The van der Waals surface area contributed by atoms with Gasteiger partial charge in [0.15, 0.2) is 0 Å². The van der Waals surface area contributed by atoms with Crippen molar-refractivity contribution < 1.29 is 38.1 Å². The Kier molecular flexibility index (Phi) is 9.73. The second-order valence-corrected chi connectivity index (χ2v) is 10.1. The minimum Gasteiger partial charge on any atom is -0.459 e. The Balaban J connectivity index is 2.28. The lowest BCUT2D eigenvalue weighted by Crippen LogP contribution is -2.44. The Morgan fingerprint density at radius 3 is 1.47 bits per heavy atom. The molecule has 0 fully saturated rings. The van der Waals surface area contributed by atoms with Crippen LogP contribution in [-0.2, 0) is 41.8 Å². The summed E-state index contributed by atoms with van der Waals surface area (Å²) in [5, 5.41) is 4.97. The molecule has 0 aliphatic carbocycles. The predicted molar refractivity (Wildman–Crippen MR) is 129 cm³/mol. The highest BCUT2D eigenvalue weighted by Gasteiger charge is 2.27. The maximum absolute atomic E-state index is 12.8. The molecule has 1 aromatic rings. The number of esters is 2. The minimum atomic E-state index is -1.10. The maximum Gasteiger partial charge on any atom is 0.408 e. The van der Waals surface area contributed by atoms with Gasteiger partial charge in [-0.2, -0.15) is 0 Å². The van der Waals surface area contributed by atoms with Gasteiger partial charge in [0, 0.05) is 12.8 Å². The highest BCUT2D eigenvalue weighted by atomic mass is 16.6. The van der Waals surface area contributed by atoms with Gasteiger partial charge >= 0.3 is 24.1 Å². The molecule has 10 heteroatoms. The fraction of sp³-hybridized carbons (Fsp3) is 0.538. The third-order valence-electron chi connectivity index (χ3n) is 4.55. The molecule has 2 atom stereocenters. The molecule has 0 unspecified atom stereocenters. The van der Waals surface area contributed by atoms with Crippen LogP contribution >= 0.6 is 0 Å². The van der Waals surface area contributed by atoms with Gasteiger partial charge in [0.1, 0.15) is 36.5 Å². The highest BCUT2D eigenvalue weighted by Crippen LogP contribution is 2.15. The number of fused-ring (bicyclic) bond motifs is 1. The van der Waals surface area contributed by atoms with E-state index in [0.717, 1.165) is 0 Å². The summed E-state index contributed by atoms with van der Waals surface area (Å²) in [6, 6.07) is 4.76. The van der Waals surface area contributed by atoms with E-state index < -0.39 is 47.4 Å². The molecule has 0 radical (unpaired) electrons. The molecule has 1 aliphatic rings. The molecule has 36 heavy (non-hydrogen) atoms. The summed E-state index contributed by atoms with van der Waals surface area (Å²) in [5.74, 6) is 4.13. The van der Waals surface area contributed by atoms with Gasteiger partial charge in [0.05, 0.1) is 0 Å². The van der Waals surface area contributed by atoms with E-state index in [1.807, 2.05) is 0 Å². The number of benzene rings is 1. The first-order valence-corrected chi connectivity index (χ1v) is 11.6. The van der Waals surface area contributed by atoms with Crippen molar-refractivity contribution >= 4 is 24.1 Å². The van der Waals surface area contributed by atoms with Gasteiger partial charge in [-0.3, -0.25) is 0 Å². The number of cyclic esters (lactones) is 2. The first-order valence-electron chi connectivity index (χ1n) is 11.6. The van der Waals surface area contributed by atoms with Crippen LogP contribution in [0, 0.1) is 11.8 Å². The monoisotopic (exact) mass is 502 g/mol. The molecule has 196 valence electrons. The van der Waals surface area contributed by atoms with Crippen molar-refractivity contribution in [1.82, 2.24) is 10.6 Å². The van der Waals surface area contributed by atoms with E-state index in [-0.39, 0.29) is 26.1 Å². The van der Waals surface area contributed by atoms with Crippen LogP contribution in [0.3, 0.4) is 0 Å². The molecule has 0 saturated carbocycles. The summed E-state index contributed by atoms with van der Waals surface area (Å²) in [6.45, 7) is 9.99. The molecular weight excluding hydrogens is 468 g/mol. The average molecular weight is 503 g/mol. The van der Waals surface area contributed by atoms with Gasteiger partial charge in [-0.05, 0) is 52.7 Å². The Labute approximate surface area is 211 Å². The van der Waals surface area contributed by atoms with Crippen molar-refractivity contribution in [2.75, 3.05) is 0 Å². The largest absolute Gasteiger partial charge is 0.459 e. The van der Waals surface area contributed by atoms with Gasteiger partial charge in [-0.15, -0.1) is 11.8 Å². The molecule has 2 N–H and O–H groups in total. The third-order valence-corrected chi connectivity index (χ3v) is 4.55. The Morgan fingerprint density at radius 2 is 1.14 bits per heavy atom. The van der Waals surface area contributed by atoms with Crippen LogP contribution in [-0.4, -0.2) is 47.4 Å². The van der Waals surface area contributed by atoms with Gasteiger partial charge in [-0.1, -0.05) is 24.3 Å². The number of nitrogens with one attached hydrogen (secondary N) is 2. The molecule has 0 spiro atoms.